The topological polar surface area (TPSA) is 33.0 Å². The van der Waals surface area contributed by atoms with Crippen molar-refractivity contribution in [3.05, 3.63) is 62.8 Å². The van der Waals surface area contributed by atoms with Gasteiger partial charge < -0.3 is 4.74 Å². The number of rotatable bonds is 3. The van der Waals surface area contributed by atoms with Gasteiger partial charge in [0.05, 0.1) is 10.0 Å². The highest BCUT2D eigenvalue weighted by Crippen LogP contribution is 2.33. The van der Waals surface area contributed by atoms with E-state index in [1.54, 1.807) is 24.3 Å². The van der Waals surface area contributed by atoms with Crippen molar-refractivity contribution in [1.82, 2.24) is 0 Å². The Hall–Kier alpha value is -1.57. The van der Waals surface area contributed by atoms with Gasteiger partial charge in [-0.25, -0.2) is 4.39 Å². The SMILES string of the molecule is N#Cc1cc(Cl)cc(Br)c1OCc1ccccc1F. The van der Waals surface area contributed by atoms with Crippen LogP contribution in [0.4, 0.5) is 4.39 Å². The van der Waals surface area contributed by atoms with Gasteiger partial charge in [0.15, 0.2) is 5.75 Å². The lowest BCUT2D eigenvalue weighted by Gasteiger charge is -2.11. The molecule has 2 aromatic carbocycles. The number of hydrogen-bond donors (Lipinski definition) is 0. The van der Waals surface area contributed by atoms with Gasteiger partial charge in [-0.1, -0.05) is 29.8 Å². The van der Waals surface area contributed by atoms with Crippen LogP contribution in [0.3, 0.4) is 0 Å². The number of nitriles is 1. The minimum atomic E-state index is -0.342. The number of hydrogen-bond acceptors (Lipinski definition) is 2. The van der Waals surface area contributed by atoms with Crippen molar-refractivity contribution in [3.63, 3.8) is 0 Å². The summed E-state index contributed by atoms with van der Waals surface area (Å²) in [6, 6.07) is 11.4. The molecule has 19 heavy (non-hydrogen) atoms. The monoisotopic (exact) mass is 339 g/mol. The quantitative estimate of drug-likeness (QED) is 0.812. The molecule has 0 bridgehead atoms. The van der Waals surface area contributed by atoms with Crippen LogP contribution in [-0.2, 0) is 6.61 Å². The first-order valence-electron chi connectivity index (χ1n) is 5.37. The number of halogens is 3. The summed E-state index contributed by atoms with van der Waals surface area (Å²) in [7, 11) is 0. The third kappa shape index (κ3) is 3.25. The Morgan fingerprint density at radius 2 is 2.05 bits per heavy atom. The van der Waals surface area contributed by atoms with Gasteiger partial charge in [0.25, 0.3) is 0 Å². The van der Waals surface area contributed by atoms with Crippen molar-refractivity contribution >= 4 is 27.5 Å². The van der Waals surface area contributed by atoms with Gasteiger partial charge in [-0.15, -0.1) is 0 Å². The highest BCUT2D eigenvalue weighted by molar-refractivity contribution is 9.10. The van der Waals surface area contributed by atoms with E-state index < -0.39 is 0 Å². The Labute approximate surface area is 123 Å². The molecule has 2 aromatic rings. The first-order chi connectivity index (χ1) is 9.11. The molecule has 96 valence electrons. The minimum absolute atomic E-state index is 0.0432. The van der Waals surface area contributed by atoms with Gasteiger partial charge in [-0.05, 0) is 34.1 Å². The molecular weight excluding hydrogens is 333 g/mol. The summed E-state index contributed by atoms with van der Waals surface area (Å²) >= 11 is 9.12. The van der Waals surface area contributed by atoms with Crippen LogP contribution in [0.25, 0.3) is 0 Å². The molecule has 0 heterocycles. The molecule has 0 aliphatic carbocycles. The van der Waals surface area contributed by atoms with E-state index in [9.17, 15) is 4.39 Å². The van der Waals surface area contributed by atoms with Gasteiger partial charge >= 0.3 is 0 Å². The van der Waals surface area contributed by atoms with E-state index in [4.69, 9.17) is 21.6 Å². The van der Waals surface area contributed by atoms with E-state index in [2.05, 4.69) is 15.9 Å². The summed E-state index contributed by atoms with van der Waals surface area (Å²) in [6.07, 6.45) is 0. The lowest BCUT2D eigenvalue weighted by atomic mass is 10.2. The van der Waals surface area contributed by atoms with E-state index in [0.717, 1.165) is 0 Å². The van der Waals surface area contributed by atoms with Crippen LogP contribution in [-0.4, -0.2) is 0 Å². The molecule has 0 aliphatic rings. The molecule has 2 nitrogen and oxygen atoms in total. The van der Waals surface area contributed by atoms with E-state index >= 15 is 0 Å². The maximum atomic E-state index is 13.5. The summed E-state index contributed by atoms with van der Waals surface area (Å²) in [5.41, 5.74) is 0.726. The van der Waals surface area contributed by atoms with Crippen molar-refractivity contribution in [2.45, 2.75) is 6.61 Å². The normalized spacial score (nSPS) is 10.0. The van der Waals surface area contributed by atoms with Crippen molar-refractivity contribution in [2.75, 3.05) is 0 Å². The first-order valence-corrected chi connectivity index (χ1v) is 6.54. The van der Waals surface area contributed by atoms with Crippen LogP contribution in [0.2, 0.25) is 5.02 Å². The van der Waals surface area contributed by atoms with Crippen LogP contribution in [0.1, 0.15) is 11.1 Å². The van der Waals surface area contributed by atoms with Gasteiger partial charge in [-0.3, -0.25) is 0 Å². The lowest BCUT2D eigenvalue weighted by Crippen LogP contribution is -2.00. The zero-order valence-corrected chi connectivity index (χ0v) is 12.0. The second kappa shape index (κ2) is 6.05. The van der Waals surface area contributed by atoms with Gasteiger partial charge in [-0.2, -0.15) is 5.26 Å². The number of benzene rings is 2. The fraction of sp³-hybridized carbons (Fsp3) is 0.0714. The predicted molar refractivity (Wildman–Crippen MR) is 74.6 cm³/mol. The summed E-state index contributed by atoms with van der Waals surface area (Å²) in [6.45, 7) is 0.0432. The second-order valence-electron chi connectivity index (χ2n) is 3.76. The van der Waals surface area contributed by atoms with Gasteiger partial charge in [0.2, 0.25) is 0 Å². The maximum absolute atomic E-state index is 13.5. The molecule has 2 rings (SSSR count). The smallest absolute Gasteiger partial charge is 0.151 e. The molecular formula is C14H8BrClFNO. The van der Waals surface area contributed by atoms with Crippen molar-refractivity contribution < 1.29 is 9.13 Å². The Morgan fingerprint density at radius 3 is 2.74 bits per heavy atom. The van der Waals surface area contributed by atoms with Crippen molar-refractivity contribution in [1.29, 1.82) is 5.26 Å². The fourth-order valence-electron chi connectivity index (χ4n) is 1.56. The summed E-state index contributed by atoms with van der Waals surface area (Å²) in [5, 5.41) is 9.47. The Kier molecular flexibility index (Phi) is 4.41. The molecule has 0 atom stereocenters. The van der Waals surface area contributed by atoms with E-state index in [1.807, 2.05) is 6.07 Å². The van der Waals surface area contributed by atoms with Gasteiger partial charge in [0, 0.05) is 10.6 Å². The molecule has 0 spiro atoms. The molecule has 0 N–H and O–H groups in total. The zero-order valence-electron chi connectivity index (χ0n) is 9.66. The van der Waals surface area contributed by atoms with Crippen LogP contribution in [0, 0.1) is 17.1 Å². The first kappa shape index (κ1) is 13.9. The average Bonchev–Trinajstić information content (AvgIpc) is 2.38. The van der Waals surface area contributed by atoms with Crippen LogP contribution < -0.4 is 4.74 Å². The zero-order chi connectivity index (χ0) is 13.8. The summed E-state index contributed by atoms with van der Waals surface area (Å²) in [5.74, 6) is 0.0150. The van der Waals surface area contributed by atoms with E-state index in [1.165, 1.54) is 12.1 Å². The lowest BCUT2D eigenvalue weighted by molar-refractivity contribution is 0.297. The summed E-state index contributed by atoms with van der Waals surface area (Å²) < 4.78 is 19.5. The molecule has 0 amide bonds. The Bertz CT molecular complexity index is 654. The molecule has 0 unspecified atom stereocenters. The molecule has 0 aliphatic heterocycles. The predicted octanol–water partition coefficient (Wildman–Crippen LogP) is 4.69. The minimum Gasteiger partial charge on any atom is -0.486 e. The maximum Gasteiger partial charge on any atom is 0.151 e. The number of nitrogens with zero attached hydrogens (tertiary/aromatic N) is 1. The third-order valence-corrected chi connectivity index (χ3v) is 3.27. The highest BCUT2D eigenvalue weighted by atomic mass is 79.9. The molecule has 5 heteroatoms. The van der Waals surface area contributed by atoms with Crippen molar-refractivity contribution in [2.24, 2.45) is 0 Å². The Balaban J connectivity index is 2.26. The number of ether oxygens (including phenoxy) is 1. The molecule has 0 saturated carbocycles. The van der Waals surface area contributed by atoms with Crippen molar-refractivity contribution in [3.8, 4) is 11.8 Å². The third-order valence-electron chi connectivity index (χ3n) is 2.46. The van der Waals surface area contributed by atoms with Crippen LogP contribution in [0.5, 0.6) is 5.75 Å². The fourth-order valence-corrected chi connectivity index (χ4v) is 2.48. The molecule has 0 radical (unpaired) electrons. The van der Waals surface area contributed by atoms with E-state index in [-0.39, 0.29) is 12.4 Å². The van der Waals surface area contributed by atoms with E-state index in [0.29, 0.717) is 26.4 Å². The molecule has 0 fully saturated rings. The summed E-state index contributed by atoms with van der Waals surface area (Å²) in [4.78, 5) is 0. The Morgan fingerprint density at radius 1 is 1.32 bits per heavy atom. The average molecular weight is 341 g/mol. The standard InChI is InChI=1S/C14H8BrClFNO/c15-12-6-11(16)5-10(7-18)14(12)19-8-9-3-1-2-4-13(9)17/h1-6H,8H2. The molecule has 0 saturated heterocycles. The molecule has 0 aromatic heterocycles. The largest absolute Gasteiger partial charge is 0.486 e. The second-order valence-corrected chi connectivity index (χ2v) is 5.05. The van der Waals surface area contributed by atoms with Crippen LogP contribution >= 0.6 is 27.5 Å². The highest BCUT2D eigenvalue weighted by Gasteiger charge is 2.11. The van der Waals surface area contributed by atoms with Gasteiger partial charge in [0.1, 0.15) is 18.5 Å². The van der Waals surface area contributed by atoms with Crippen LogP contribution in [0.15, 0.2) is 40.9 Å².